The minimum atomic E-state index is 0.555. The third-order valence-electron chi connectivity index (χ3n) is 1.91. The maximum absolute atomic E-state index is 6.03. The molecule has 0 radical (unpaired) electrons. The first-order valence-electron chi connectivity index (χ1n) is 4.18. The van der Waals surface area contributed by atoms with Gasteiger partial charge >= 0.3 is 0 Å². The average molecular weight is 307 g/mol. The Morgan fingerprint density at radius 2 is 1.93 bits per heavy atom. The third-order valence-corrected chi connectivity index (χ3v) is 3.11. The van der Waals surface area contributed by atoms with Crippen LogP contribution < -0.4 is 0 Å². The number of rotatable bonds is 2. The SMILES string of the molecule is Clc1cccc(Cl)c1-c1cc(CBr)no1. The summed E-state index contributed by atoms with van der Waals surface area (Å²) in [6.07, 6.45) is 0. The average Bonchev–Trinajstić information content (AvgIpc) is 2.66. The number of hydrogen-bond acceptors (Lipinski definition) is 2. The molecule has 0 aliphatic heterocycles. The second-order valence-corrected chi connectivity index (χ2v) is 4.29. The second-order valence-electron chi connectivity index (χ2n) is 2.91. The van der Waals surface area contributed by atoms with E-state index in [1.807, 2.05) is 6.07 Å². The molecule has 0 saturated carbocycles. The summed E-state index contributed by atoms with van der Waals surface area (Å²) in [5, 5.41) is 5.60. The fourth-order valence-electron chi connectivity index (χ4n) is 1.23. The molecule has 0 aliphatic rings. The zero-order valence-electron chi connectivity index (χ0n) is 7.51. The lowest BCUT2D eigenvalue weighted by molar-refractivity contribution is 0.426. The molecule has 0 amide bonds. The highest BCUT2D eigenvalue weighted by molar-refractivity contribution is 9.08. The zero-order chi connectivity index (χ0) is 10.8. The van der Waals surface area contributed by atoms with E-state index in [1.54, 1.807) is 18.2 Å². The molecule has 2 nitrogen and oxygen atoms in total. The van der Waals surface area contributed by atoms with E-state index in [-0.39, 0.29) is 0 Å². The second kappa shape index (κ2) is 4.56. The quantitative estimate of drug-likeness (QED) is 0.761. The van der Waals surface area contributed by atoms with Gasteiger partial charge < -0.3 is 4.52 Å². The number of halogens is 3. The minimum absolute atomic E-state index is 0.555. The van der Waals surface area contributed by atoms with Gasteiger partial charge in [-0.05, 0) is 12.1 Å². The fourth-order valence-corrected chi connectivity index (χ4v) is 2.07. The molecule has 0 saturated heterocycles. The van der Waals surface area contributed by atoms with Crippen LogP contribution in [0.15, 0.2) is 28.8 Å². The first kappa shape index (κ1) is 11.0. The molecule has 5 heteroatoms. The number of alkyl halides is 1. The van der Waals surface area contributed by atoms with E-state index in [2.05, 4.69) is 21.1 Å². The Morgan fingerprint density at radius 1 is 1.27 bits per heavy atom. The minimum Gasteiger partial charge on any atom is -0.356 e. The van der Waals surface area contributed by atoms with Crippen molar-refractivity contribution < 1.29 is 4.52 Å². The predicted octanol–water partition coefficient (Wildman–Crippen LogP) is 4.54. The van der Waals surface area contributed by atoms with Gasteiger partial charge in [-0.3, -0.25) is 0 Å². The molecule has 15 heavy (non-hydrogen) atoms. The molecular weight excluding hydrogens is 301 g/mol. The van der Waals surface area contributed by atoms with Gasteiger partial charge in [0.25, 0.3) is 0 Å². The van der Waals surface area contributed by atoms with Gasteiger partial charge in [0.2, 0.25) is 0 Å². The van der Waals surface area contributed by atoms with Gasteiger partial charge in [-0.2, -0.15) is 0 Å². The molecule has 2 rings (SSSR count). The van der Waals surface area contributed by atoms with Crippen LogP contribution in [-0.4, -0.2) is 5.16 Å². The summed E-state index contributed by atoms with van der Waals surface area (Å²) < 4.78 is 5.15. The van der Waals surface area contributed by atoms with Crippen LogP contribution in [0.3, 0.4) is 0 Å². The summed E-state index contributed by atoms with van der Waals surface area (Å²) in [6.45, 7) is 0. The highest BCUT2D eigenvalue weighted by Gasteiger charge is 2.13. The Bertz CT molecular complexity index is 464. The first-order valence-corrected chi connectivity index (χ1v) is 6.06. The van der Waals surface area contributed by atoms with Crippen molar-refractivity contribution in [2.45, 2.75) is 5.33 Å². The van der Waals surface area contributed by atoms with E-state index >= 15 is 0 Å². The van der Waals surface area contributed by atoms with Gasteiger partial charge in [0.15, 0.2) is 5.76 Å². The molecule has 78 valence electrons. The van der Waals surface area contributed by atoms with Gasteiger partial charge in [0.1, 0.15) is 0 Å². The van der Waals surface area contributed by atoms with E-state index in [9.17, 15) is 0 Å². The summed E-state index contributed by atoms with van der Waals surface area (Å²) >= 11 is 15.4. The van der Waals surface area contributed by atoms with Crippen LogP contribution in [0, 0.1) is 0 Å². The fraction of sp³-hybridized carbons (Fsp3) is 0.100. The maximum Gasteiger partial charge on any atom is 0.170 e. The van der Waals surface area contributed by atoms with Gasteiger partial charge in [-0.25, -0.2) is 0 Å². The van der Waals surface area contributed by atoms with Crippen LogP contribution in [0.2, 0.25) is 10.0 Å². The van der Waals surface area contributed by atoms with Crippen molar-refractivity contribution in [1.29, 1.82) is 0 Å². The summed E-state index contributed by atoms with van der Waals surface area (Å²) in [6, 6.07) is 7.12. The molecule has 1 aromatic carbocycles. The van der Waals surface area contributed by atoms with E-state index < -0.39 is 0 Å². The number of aromatic nitrogens is 1. The van der Waals surface area contributed by atoms with Crippen LogP contribution in [0.4, 0.5) is 0 Å². The van der Waals surface area contributed by atoms with Crippen LogP contribution >= 0.6 is 39.1 Å². The van der Waals surface area contributed by atoms with Gasteiger partial charge in [0, 0.05) is 11.4 Å². The van der Waals surface area contributed by atoms with E-state index in [1.165, 1.54) is 0 Å². The largest absolute Gasteiger partial charge is 0.356 e. The van der Waals surface area contributed by atoms with E-state index in [0.717, 1.165) is 5.69 Å². The van der Waals surface area contributed by atoms with Crippen molar-refractivity contribution in [2.75, 3.05) is 0 Å². The normalized spacial score (nSPS) is 10.6. The lowest BCUT2D eigenvalue weighted by Gasteiger charge is -2.01. The van der Waals surface area contributed by atoms with E-state index in [0.29, 0.717) is 26.7 Å². The molecule has 1 heterocycles. The molecule has 1 aromatic heterocycles. The molecule has 0 aliphatic carbocycles. The van der Waals surface area contributed by atoms with Crippen LogP contribution in [0.25, 0.3) is 11.3 Å². The van der Waals surface area contributed by atoms with Gasteiger partial charge in [-0.1, -0.05) is 50.4 Å². The van der Waals surface area contributed by atoms with E-state index in [4.69, 9.17) is 27.7 Å². The van der Waals surface area contributed by atoms with Crippen LogP contribution in [-0.2, 0) is 5.33 Å². The van der Waals surface area contributed by atoms with Crippen molar-refractivity contribution in [3.63, 3.8) is 0 Å². The van der Waals surface area contributed by atoms with Gasteiger partial charge in [0.05, 0.1) is 21.3 Å². The summed E-state index contributed by atoms with van der Waals surface area (Å²) in [7, 11) is 0. The van der Waals surface area contributed by atoms with Crippen molar-refractivity contribution in [2.24, 2.45) is 0 Å². The molecule has 0 atom stereocenters. The van der Waals surface area contributed by atoms with Crippen molar-refractivity contribution >= 4 is 39.1 Å². The zero-order valence-corrected chi connectivity index (χ0v) is 10.6. The Hall–Kier alpha value is -0.510. The van der Waals surface area contributed by atoms with Crippen LogP contribution in [0.1, 0.15) is 5.69 Å². The highest BCUT2D eigenvalue weighted by atomic mass is 79.9. The highest BCUT2D eigenvalue weighted by Crippen LogP contribution is 2.34. The molecule has 0 fully saturated rings. The Kier molecular flexibility index (Phi) is 3.34. The molecule has 0 spiro atoms. The standard InChI is InChI=1S/C10H6BrCl2NO/c11-5-6-4-9(15-14-6)10-7(12)2-1-3-8(10)13/h1-4H,5H2. The van der Waals surface area contributed by atoms with Crippen molar-refractivity contribution in [3.8, 4) is 11.3 Å². The Balaban J connectivity index is 2.53. The van der Waals surface area contributed by atoms with Crippen molar-refractivity contribution in [1.82, 2.24) is 5.16 Å². The lowest BCUT2D eigenvalue weighted by Crippen LogP contribution is -1.78. The van der Waals surface area contributed by atoms with Gasteiger partial charge in [-0.15, -0.1) is 0 Å². The molecule has 0 N–H and O–H groups in total. The van der Waals surface area contributed by atoms with Crippen LogP contribution in [0.5, 0.6) is 0 Å². The lowest BCUT2D eigenvalue weighted by atomic mass is 10.1. The summed E-state index contributed by atoms with van der Waals surface area (Å²) in [5.41, 5.74) is 1.49. The number of benzene rings is 1. The number of nitrogens with zero attached hydrogens (tertiary/aromatic N) is 1. The Morgan fingerprint density at radius 3 is 2.47 bits per heavy atom. The molecular formula is C10H6BrCl2NO. The molecule has 0 unspecified atom stereocenters. The topological polar surface area (TPSA) is 26.0 Å². The monoisotopic (exact) mass is 305 g/mol. The predicted molar refractivity (Wildman–Crippen MR) is 64.6 cm³/mol. The first-order chi connectivity index (χ1) is 7.22. The van der Waals surface area contributed by atoms with Crippen molar-refractivity contribution in [3.05, 3.63) is 40.0 Å². The molecule has 0 bridgehead atoms. The summed E-state index contributed by atoms with van der Waals surface area (Å²) in [4.78, 5) is 0. The smallest absolute Gasteiger partial charge is 0.170 e. The number of hydrogen-bond donors (Lipinski definition) is 0. The third kappa shape index (κ3) is 2.19. The summed E-state index contributed by atoms with van der Waals surface area (Å²) in [5.74, 6) is 0.583. The molecule has 2 aromatic rings. The Labute approximate surface area is 105 Å². The maximum atomic E-state index is 6.03.